The highest BCUT2D eigenvalue weighted by Crippen LogP contribution is 2.44. The molecule has 0 N–H and O–H groups in total. The standard InChI is InChI=1S/C27H14N2O2/c1-2-6-16-15(5-1)23-18(29-14-13-28-27(16)29)9-10-21-25(23)26-22(31-21)12-11-20-24(26)17-7-3-4-8-19(17)30-20/h1-14H. The van der Waals surface area contributed by atoms with Crippen molar-refractivity contribution in [2.24, 2.45) is 0 Å². The van der Waals surface area contributed by atoms with Gasteiger partial charge in [0.25, 0.3) is 0 Å². The molecule has 4 nitrogen and oxygen atoms in total. The van der Waals surface area contributed by atoms with E-state index < -0.39 is 0 Å². The summed E-state index contributed by atoms with van der Waals surface area (Å²) in [5.41, 5.74) is 5.60. The molecule has 0 radical (unpaired) electrons. The first kappa shape index (κ1) is 15.5. The zero-order valence-electron chi connectivity index (χ0n) is 16.3. The third-order valence-corrected chi connectivity index (χ3v) is 6.46. The van der Waals surface area contributed by atoms with Gasteiger partial charge in [-0.3, -0.25) is 4.40 Å². The van der Waals surface area contributed by atoms with Crippen LogP contribution in [0, 0.1) is 0 Å². The average molecular weight is 398 g/mol. The van der Waals surface area contributed by atoms with Crippen LogP contribution < -0.4 is 0 Å². The summed E-state index contributed by atoms with van der Waals surface area (Å²) in [4.78, 5) is 4.63. The summed E-state index contributed by atoms with van der Waals surface area (Å²) in [6.45, 7) is 0. The molecule has 31 heavy (non-hydrogen) atoms. The zero-order valence-corrected chi connectivity index (χ0v) is 16.3. The summed E-state index contributed by atoms with van der Waals surface area (Å²) < 4.78 is 14.7. The number of furan rings is 2. The maximum Gasteiger partial charge on any atom is 0.145 e. The topological polar surface area (TPSA) is 43.6 Å². The molecule has 144 valence electrons. The lowest BCUT2D eigenvalue weighted by Crippen LogP contribution is -1.90. The molecule has 8 aromatic rings. The summed E-state index contributed by atoms with van der Waals surface area (Å²) in [5, 5.41) is 7.92. The summed E-state index contributed by atoms with van der Waals surface area (Å²) in [7, 11) is 0. The lowest BCUT2D eigenvalue weighted by Gasteiger charge is -2.09. The van der Waals surface area contributed by atoms with Crippen molar-refractivity contribution in [2.75, 3.05) is 0 Å². The minimum atomic E-state index is 0.872. The van der Waals surface area contributed by atoms with E-state index in [1.807, 2.05) is 36.7 Å². The van der Waals surface area contributed by atoms with Gasteiger partial charge in [-0.2, -0.15) is 0 Å². The van der Waals surface area contributed by atoms with Crippen LogP contribution in [0.3, 0.4) is 0 Å². The van der Waals surface area contributed by atoms with Crippen LogP contribution in [-0.4, -0.2) is 9.38 Å². The number of benzene rings is 4. The third kappa shape index (κ3) is 1.79. The first-order valence-corrected chi connectivity index (χ1v) is 10.3. The van der Waals surface area contributed by atoms with Gasteiger partial charge >= 0.3 is 0 Å². The second-order valence-electron chi connectivity index (χ2n) is 8.01. The van der Waals surface area contributed by atoms with Crippen molar-refractivity contribution in [3.8, 4) is 0 Å². The molecule has 4 heterocycles. The number of hydrogen-bond acceptors (Lipinski definition) is 3. The van der Waals surface area contributed by atoms with Gasteiger partial charge in [0, 0.05) is 44.7 Å². The summed E-state index contributed by atoms with van der Waals surface area (Å²) in [6.07, 6.45) is 3.89. The fourth-order valence-corrected chi connectivity index (χ4v) is 5.22. The normalized spacial score (nSPS) is 12.5. The molecule has 0 amide bonds. The predicted molar refractivity (Wildman–Crippen MR) is 125 cm³/mol. The van der Waals surface area contributed by atoms with Crippen molar-refractivity contribution in [1.82, 2.24) is 9.38 Å². The maximum atomic E-state index is 6.36. The van der Waals surface area contributed by atoms with E-state index in [4.69, 9.17) is 8.83 Å². The monoisotopic (exact) mass is 398 g/mol. The van der Waals surface area contributed by atoms with Crippen molar-refractivity contribution in [1.29, 1.82) is 0 Å². The molecule has 0 atom stereocenters. The zero-order chi connectivity index (χ0) is 20.1. The Labute approximate surface area is 174 Å². The lowest BCUT2D eigenvalue weighted by molar-refractivity contribution is 0.663. The number of imidazole rings is 1. The van der Waals surface area contributed by atoms with E-state index >= 15 is 0 Å². The number of aromatic nitrogens is 2. The number of para-hydroxylation sites is 1. The van der Waals surface area contributed by atoms with Crippen molar-refractivity contribution >= 4 is 71.2 Å². The Bertz CT molecular complexity index is 2000. The van der Waals surface area contributed by atoms with Crippen molar-refractivity contribution in [3.05, 3.63) is 85.2 Å². The van der Waals surface area contributed by atoms with Gasteiger partial charge in [-0.25, -0.2) is 4.98 Å². The summed E-state index contributed by atoms with van der Waals surface area (Å²) in [6, 6.07) is 24.9. The predicted octanol–water partition coefficient (Wildman–Crippen LogP) is 7.44. The minimum absolute atomic E-state index is 0.872. The molecule has 4 aromatic heterocycles. The Morgan fingerprint density at radius 1 is 0.548 bits per heavy atom. The number of pyridine rings is 1. The smallest absolute Gasteiger partial charge is 0.145 e. The van der Waals surface area contributed by atoms with Gasteiger partial charge in [-0.05, 0) is 35.7 Å². The highest BCUT2D eigenvalue weighted by Gasteiger charge is 2.20. The molecule has 4 heteroatoms. The first-order valence-electron chi connectivity index (χ1n) is 10.3. The van der Waals surface area contributed by atoms with Gasteiger partial charge in [-0.1, -0.05) is 42.5 Å². The van der Waals surface area contributed by atoms with Gasteiger partial charge in [0.05, 0.1) is 5.52 Å². The Morgan fingerprint density at radius 3 is 2.06 bits per heavy atom. The van der Waals surface area contributed by atoms with Crippen LogP contribution in [-0.2, 0) is 0 Å². The average Bonchev–Trinajstić information content (AvgIpc) is 3.53. The van der Waals surface area contributed by atoms with Crippen LogP contribution in [0.1, 0.15) is 0 Å². The van der Waals surface area contributed by atoms with Gasteiger partial charge < -0.3 is 8.83 Å². The Hall–Kier alpha value is -4.31. The molecule has 8 rings (SSSR count). The van der Waals surface area contributed by atoms with Crippen LogP contribution in [0.2, 0.25) is 0 Å². The second kappa shape index (κ2) is 5.24. The molecular formula is C27H14N2O2. The van der Waals surface area contributed by atoms with Crippen LogP contribution in [0.5, 0.6) is 0 Å². The van der Waals surface area contributed by atoms with Crippen molar-refractivity contribution in [2.45, 2.75) is 0 Å². The molecule has 0 fully saturated rings. The van der Waals surface area contributed by atoms with Gasteiger partial charge in [0.1, 0.15) is 28.0 Å². The largest absolute Gasteiger partial charge is 0.456 e. The SMILES string of the molecule is c1ccc2c(c1)oc1ccc3oc4ccc5c(c6ccccc6c6nccn56)c4c3c12. The number of nitrogens with zero attached hydrogens (tertiary/aromatic N) is 2. The molecule has 0 aliphatic heterocycles. The summed E-state index contributed by atoms with van der Waals surface area (Å²) >= 11 is 0. The van der Waals surface area contributed by atoms with E-state index in [0.29, 0.717) is 0 Å². The molecule has 0 spiro atoms. The summed E-state index contributed by atoms with van der Waals surface area (Å²) in [5.74, 6) is 0. The minimum Gasteiger partial charge on any atom is -0.456 e. The van der Waals surface area contributed by atoms with Crippen molar-refractivity contribution < 1.29 is 8.83 Å². The van der Waals surface area contributed by atoms with Crippen LogP contribution in [0.15, 0.2) is 94.0 Å². The maximum absolute atomic E-state index is 6.36. The van der Waals surface area contributed by atoms with Crippen molar-refractivity contribution in [3.63, 3.8) is 0 Å². The Balaban J connectivity index is 1.78. The van der Waals surface area contributed by atoms with E-state index in [1.54, 1.807) is 0 Å². The molecule has 0 aliphatic rings. The number of fused-ring (bicyclic) bond motifs is 14. The molecule has 0 aliphatic carbocycles. The highest BCUT2D eigenvalue weighted by molar-refractivity contribution is 6.34. The fourth-order valence-electron chi connectivity index (χ4n) is 5.22. The fraction of sp³-hybridized carbons (Fsp3) is 0. The number of rotatable bonds is 0. The first-order chi connectivity index (χ1) is 15.4. The molecule has 0 bridgehead atoms. The quantitative estimate of drug-likeness (QED) is 0.249. The number of hydrogen-bond donors (Lipinski definition) is 0. The van der Waals surface area contributed by atoms with E-state index in [9.17, 15) is 0 Å². The van der Waals surface area contributed by atoms with Crippen LogP contribution >= 0.6 is 0 Å². The van der Waals surface area contributed by atoms with Gasteiger partial charge in [0.15, 0.2) is 0 Å². The highest BCUT2D eigenvalue weighted by atomic mass is 16.3. The van der Waals surface area contributed by atoms with E-state index in [1.165, 1.54) is 10.8 Å². The van der Waals surface area contributed by atoms with Crippen LogP contribution in [0.25, 0.3) is 71.2 Å². The third-order valence-electron chi connectivity index (χ3n) is 6.46. The second-order valence-corrected chi connectivity index (χ2v) is 8.01. The van der Waals surface area contributed by atoms with Crippen LogP contribution in [0.4, 0.5) is 0 Å². The molecule has 0 saturated carbocycles. The van der Waals surface area contributed by atoms with E-state index in [-0.39, 0.29) is 0 Å². The molecule has 0 unspecified atom stereocenters. The molecule has 4 aromatic carbocycles. The Kier molecular flexibility index (Phi) is 2.62. The van der Waals surface area contributed by atoms with Gasteiger partial charge in [0.2, 0.25) is 0 Å². The van der Waals surface area contributed by atoms with E-state index in [2.05, 4.69) is 57.9 Å². The van der Waals surface area contributed by atoms with Gasteiger partial charge in [-0.15, -0.1) is 0 Å². The van der Waals surface area contributed by atoms with E-state index in [0.717, 1.165) is 60.4 Å². The molecule has 0 saturated heterocycles. The Morgan fingerprint density at radius 2 is 1.19 bits per heavy atom. The lowest BCUT2D eigenvalue weighted by atomic mass is 9.98. The molecular weight excluding hydrogens is 384 g/mol.